The van der Waals surface area contributed by atoms with Crippen molar-refractivity contribution in [1.29, 1.82) is 0 Å². The molecule has 1 rings (SSSR count). The summed E-state index contributed by atoms with van der Waals surface area (Å²) >= 11 is 6.57. The lowest BCUT2D eigenvalue weighted by atomic mass is 9.85. The number of ether oxygens (including phenoxy) is 1. The van der Waals surface area contributed by atoms with Crippen molar-refractivity contribution >= 4 is 31.9 Å². The standard InChI is InChI=1S/C12H12Br2F4O/c13-5-11(6-14,7-19-8-12(16,17)18)9-1-3-10(15)4-2-9/h1-4H,5-8H2. The topological polar surface area (TPSA) is 9.23 Å². The molecule has 7 heteroatoms. The molecule has 0 bridgehead atoms. The highest BCUT2D eigenvalue weighted by atomic mass is 79.9. The molecule has 0 fully saturated rings. The van der Waals surface area contributed by atoms with Gasteiger partial charge >= 0.3 is 6.18 Å². The summed E-state index contributed by atoms with van der Waals surface area (Å²) in [7, 11) is 0. The van der Waals surface area contributed by atoms with Crippen LogP contribution in [0.4, 0.5) is 17.6 Å². The van der Waals surface area contributed by atoms with Crippen molar-refractivity contribution in [2.24, 2.45) is 0 Å². The highest BCUT2D eigenvalue weighted by Crippen LogP contribution is 2.30. The summed E-state index contributed by atoms with van der Waals surface area (Å²) in [6.07, 6.45) is -4.35. The zero-order valence-corrected chi connectivity index (χ0v) is 13.0. The second-order valence-electron chi connectivity index (χ2n) is 4.16. The van der Waals surface area contributed by atoms with Gasteiger partial charge in [0.15, 0.2) is 0 Å². The zero-order valence-electron chi connectivity index (χ0n) is 9.81. The summed E-state index contributed by atoms with van der Waals surface area (Å²) in [5.74, 6) is -0.391. The summed E-state index contributed by atoms with van der Waals surface area (Å²) in [6.45, 7) is -1.41. The molecule has 0 N–H and O–H groups in total. The third-order valence-corrected chi connectivity index (χ3v) is 4.76. The first-order valence-corrected chi connectivity index (χ1v) is 7.60. The summed E-state index contributed by atoms with van der Waals surface area (Å²) in [6, 6.07) is 5.65. The fourth-order valence-electron chi connectivity index (χ4n) is 1.52. The third-order valence-electron chi connectivity index (χ3n) is 2.61. The van der Waals surface area contributed by atoms with Crippen molar-refractivity contribution in [1.82, 2.24) is 0 Å². The summed E-state index contributed by atoms with van der Waals surface area (Å²) < 4.78 is 53.9. The minimum atomic E-state index is -4.35. The van der Waals surface area contributed by atoms with Crippen LogP contribution < -0.4 is 0 Å². The molecule has 0 aliphatic heterocycles. The van der Waals surface area contributed by atoms with Gasteiger partial charge in [-0.2, -0.15) is 13.2 Å². The van der Waals surface area contributed by atoms with Crippen molar-refractivity contribution in [3.63, 3.8) is 0 Å². The van der Waals surface area contributed by atoms with E-state index in [0.717, 1.165) is 0 Å². The van der Waals surface area contributed by atoms with E-state index in [1.807, 2.05) is 0 Å². The first kappa shape index (κ1) is 16.9. The van der Waals surface area contributed by atoms with Crippen molar-refractivity contribution in [3.05, 3.63) is 35.6 Å². The Labute approximate surface area is 125 Å². The molecule has 1 aromatic carbocycles. The first-order chi connectivity index (χ1) is 8.83. The van der Waals surface area contributed by atoms with Gasteiger partial charge < -0.3 is 4.74 Å². The highest BCUT2D eigenvalue weighted by Gasteiger charge is 2.34. The average Bonchev–Trinajstić information content (AvgIpc) is 2.35. The molecule has 0 aromatic heterocycles. The Morgan fingerprint density at radius 3 is 1.89 bits per heavy atom. The molecule has 1 aromatic rings. The molecule has 0 aliphatic carbocycles. The third kappa shape index (κ3) is 5.04. The highest BCUT2D eigenvalue weighted by molar-refractivity contribution is 9.09. The van der Waals surface area contributed by atoms with E-state index in [0.29, 0.717) is 16.2 Å². The van der Waals surface area contributed by atoms with Gasteiger partial charge in [0.25, 0.3) is 0 Å². The second kappa shape index (κ2) is 7.04. The molecule has 1 nitrogen and oxygen atoms in total. The van der Waals surface area contributed by atoms with Crippen LogP contribution >= 0.6 is 31.9 Å². The van der Waals surface area contributed by atoms with Gasteiger partial charge in [0, 0.05) is 16.1 Å². The molecular formula is C12H12Br2F4O. The first-order valence-electron chi connectivity index (χ1n) is 5.35. The van der Waals surface area contributed by atoms with Crippen molar-refractivity contribution in [2.45, 2.75) is 11.6 Å². The number of hydrogen-bond acceptors (Lipinski definition) is 1. The lowest BCUT2D eigenvalue weighted by Gasteiger charge is -2.30. The van der Waals surface area contributed by atoms with E-state index in [2.05, 4.69) is 31.9 Å². The molecule has 0 atom stereocenters. The molecule has 0 radical (unpaired) electrons. The van der Waals surface area contributed by atoms with E-state index in [-0.39, 0.29) is 6.61 Å². The fourth-order valence-corrected chi connectivity index (χ4v) is 3.42. The lowest BCUT2D eigenvalue weighted by Crippen LogP contribution is -2.37. The van der Waals surface area contributed by atoms with Gasteiger partial charge in [0.2, 0.25) is 0 Å². The monoisotopic (exact) mass is 406 g/mol. The Morgan fingerprint density at radius 1 is 0.947 bits per heavy atom. The van der Waals surface area contributed by atoms with Gasteiger partial charge in [-0.1, -0.05) is 44.0 Å². The van der Waals surface area contributed by atoms with E-state index >= 15 is 0 Å². The van der Waals surface area contributed by atoms with Gasteiger partial charge in [0.1, 0.15) is 12.4 Å². The van der Waals surface area contributed by atoms with Crippen molar-refractivity contribution in [2.75, 3.05) is 23.9 Å². The van der Waals surface area contributed by atoms with Crippen LogP contribution in [0.5, 0.6) is 0 Å². The molecule has 19 heavy (non-hydrogen) atoms. The maximum absolute atomic E-state index is 12.9. The number of rotatable bonds is 6. The van der Waals surface area contributed by atoms with Gasteiger partial charge in [-0.15, -0.1) is 0 Å². The fraction of sp³-hybridized carbons (Fsp3) is 0.500. The van der Waals surface area contributed by atoms with Crippen molar-refractivity contribution < 1.29 is 22.3 Å². The van der Waals surface area contributed by atoms with Crippen LogP contribution in [0.2, 0.25) is 0 Å². The van der Waals surface area contributed by atoms with Crippen LogP contribution in [-0.2, 0) is 10.2 Å². The molecule has 0 unspecified atom stereocenters. The molecule has 0 amide bonds. The zero-order chi connectivity index (χ0) is 14.5. The van der Waals surface area contributed by atoms with E-state index in [9.17, 15) is 17.6 Å². The normalized spacial score (nSPS) is 12.7. The summed E-state index contributed by atoms with van der Waals surface area (Å²) in [5, 5.41) is 0.795. The number of alkyl halides is 5. The number of halogens is 6. The SMILES string of the molecule is Fc1ccc(C(CBr)(CBr)COCC(F)(F)F)cc1. The van der Waals surface area contributed by atoms with Gasteiger partial charge in [-0.05, 0) is 17.7 Å². The quantitative estimate of drug-likeness (QED) is 0.500. The predicted octanol–water partition coefficient (Wildman–Crippen LogP) is 4.43. The van der Waals surface area contributed by atoms with Crippen LogP contribution in [0.25, 0.3) is 0 Å². The van der Waals surface area contributed by atoms with Crippen LogP contribution in [0.3, 0.4) is 0 Å². The summed E-state index contributed by atoms with van der Waals surface area (Å²) in [5.41, 5.74) is 0.0451. The second-order valence-corrected chi connectivity index (χ2v) is 5.28. The van der Waals surface area contributed by atoms with Gasteiger partial charge in [0.05, 0.1) is 6.61 Å². The molecular weight excluding hydrogens is 396 g/mol. The Kier molecular flexibility index (Phi) is 6.26. The minimum absolute atomic E-state index is 0.116. The summed E-state index contributed by atoms with van der Waals surface area (Å²) in [4.78, 5) is 0. The molecule has 0 heterocycles. The Bertz CT molecular complexity index is 388. The molecule has 0 aliphatic rings. The minimum Gasteiger partial charge on any atom is -0.371 e. The lowest BCUT2D eigenvalue weighted by molar-refractivity contribution is -0.176. The van der Waals surface area contributed by atoms with Crippen LogP contribution in [0.15, 0.2) is 24.3 Å². The van der Waals surface area contributed by atoms with Gasteiger partial charge in [-0.25, -0.2) is 4.39 Å². The molecule has 0 saturated carbocycles. The molecule has 108 valence electrons. The van der Waals surface area contributed by atoms with E-state index in [1.165, 1.54) is 12.1 Å². The maximum atomic E-state index is 12.9. The largest absolute Gasteiger partial charge is 0.411 e. The van der Waals surface area contributed by atoms with Crippen LogP contribution in [0.1, 0.15) is 5.56 Å². The smallest absolute Gasteiger partial charge is 0.371 e. The Morgan fingerprint density at radius 2 is 1.47 bits per heavy atom. The maximum Gasteiger partial charge on any atom is 0.411 e. The van der Waals surface area contributed by atoms with Crippen LogP contribution in [0, 0.1) is 5.82 Å². The van der Waals surface area contributed by atoms with E-state index in [1.54, 1.807) is 12.1 Å². The Hall–Kier alpha value is -0.140. The van der Waals surface area contributed by atoms with E-state index in [4.69, 9.17) is 4.74 Å². The molecule has 0 spiro atoms. The Balaban J connectivity index is 2.82. The number of hydrogen-bond donors (Lipinski definition) is 0. The van der Waals surface area contributed by atoms with Gasteiger partial charge in [-0.3, -0.25) is 0 Å². The average molecular weight is 408 g/mol. The number of benzene rings is 1. The molecule has 0 saturated heterocycles. The predicted molar refractivity (Wildman–Crippen MR) is 72.5 cm³/mol. The van der Waals surface area contributed by atoms with E-state index < -0.39 is 24.0 Å². The van der Waals surface area contributed by atoms with Crippen LogP contribution in [-0.4, -0.2) is 30.1 Å². The van der Waals surface area contributed by atoms with Crippen molar-refractivity contribution in [3.8, 4) is 0 Å².